The highest BCUT2D eigenvalue weighted by Crippen LogP contribution is 2.16. The number of hydrogen-bond donors (Lipinski definition) is 2. The van der Waals surface area contributed by atoms with Crippen molar-refractivity contribution in [2.45, 2.75) is 25.9 Å². The van der Waals surface area contributed by atoms with Crippen LogP contribution in [-0.4, -0.2) is 55.4 Å². The summed E-state index contributed by atoms with van der Waals surface area (Å²) >= 11 is 0. The van der Waals surface area contributed by atoms with Crippen molar-refractivity contribution in [1.82, 2.24) is 0 Å². The van der Waals surface area contributed by atoms with E-state index in [1.165, 1.54) is 7.11 Å². The second-order valence-electron chi connectivity index (χ2n) is 3.67. The molecule has 2 atom stereocenters. The summed E-state index contributed by atoms with van der Waals surface area (Å²) in [6.45, 7) is 2.22. The van der Waals surface area contributed by atoms with Gasteiger partial charge in [0.05, 0.1) is 31.7 Å². The maximum Gasteiger partial charge on any atom is 0.309 e. The first-order valence-corrected chi connectivity index (χ1v) is 5.65. The minimum absolute atomic E-state index is 0. The molecule has 0 amide bonds. The van der Waals surface area contributed by atoms with Crippen molar-refractivity contribution in [3.05, 3.63) is 0 Å². The molecular weight excluding hydrogens is 280 g/mol. The SMILES string of the molecule is CCC(C(=O)O)[C@H](CC(=O)O)OCOCCOC.Cl. The molecule has 0 aromatic heterocycles. The van der Waals surface area contributed by atoms with Gasteiger partial charge in [0.2, 0.25) is 0 Å². The number of ether oxygens (including phenoxy) is 3. The van der Waals surface area contributed by atoms with E-state index in [0.717, 1.165) is 0 Å². The lowest BCUT2D eigenvalue weighted by Crippen LogP contribution is -2.33. The van der Waals surface area contributed by atoms with Crippen molar-refractivity contribution in [3.8, 4) is 0 Å². The first-order chi connectivity index (χ1) is 8.52. The van der Waals surface area contributed by atoms with Gasteiger partial charge in [-0.1, -0.05) is 6.92 Å². The molecule has 114 valence electrons. The van der Waals surface area contributed by atoms with Gasteiger partial charge in [0.25, 0.3) is 0 Å². The summed E-state index contributed by atoms with van der Waals surface area (Å²) in [5.41, 5.74) is 0. The molecular formula is C11H21ClO7. The van der Waals surface area contributed by atoms with Gasteiger partial charge in [-0.2, -0.15) is 0 Å². The van der Waals surface area contributed by atoms with Gasteiger partial charge in [-0.3, -0.25) is 9.59 Å². The van der Waals surface area contributed by atoms with E-state index in [4.69, 9.17) is 24.4 Å². The molecule has 0 bridgehead atoms. The minimum atomic E-state index is -1.10. The molecule has 0 spiro atoms. The zero-order chi connectivity index (χ0) is 14.0. The van der Waals surface area contributed by atoms with Crippen molar-refractivity contribution in [2.75, 3.05) is 27.1 Å². The first-order valence-electron chi connectivity index (χ1n) is 5.65. The number of carbonyl (C=O) groups is 2. The van der Waals surface area contributed by atoms with Gasteiger partial charge in [-0.05, 0) is 6.42 Å². The van der Waals surface area contributed by atoms with Crippen LogP contribution in [0.4, 0.5) is 0 Å². The van der Waals surface area contributed by atoms with Crippen LogP contribution in [0.25, 0.3) is 0 Å². The second-order valence-corrected chi connectivity index (χ2v) is 3.67. The standard InChI is InChI=1S/C11H20O7.ClH/c1-3-8(11(14)15)9(6-10(12)13)18-7-17-5-4-16-2;/h8-9H,3-7H2,1-2H3,(H,12,13)(H,14,15);1H/t8?,9-;/m0./s1. The number of rotatable bonds is 11. The summed E-state index contributed by atoms with van der Waals surface area (Å²) < 4.78 is 15.0. The molecule has 0 aliphatic heterocycles. The molecule has 19 heavy (non-hydrogen) atoms. The van der Waals surface area contributed by atoms with Gasteiger partial charge < -0.3 is 24.4 Å². The molecule has 0 saturated carbocycles. The lowest BCUT2D eigenvalue weighted by molar-refractivity contribution is -0.161. The molecule has 0 aliphatic carbocycles. The Morgan fingerprint density at radius 2 is 1.84 bits per heavy atom. The average molecular weight is 301 g/mol. The third-order valence-electron chi connectivity index (χ3n) is 2.38. The molecule has 0 saturated heterocycles. The summed E-state index contributed by atoms with van der Waals surface area (Å²) in [4.78, 5) is 21.6. The van der Waals surface area contributed by atoms with Crippen LogP contribution in [-0.2, 0) is 23.8 Å². The summed E-state index contributed by atoms with van der Waals surface area (Å²) in [6.07, 6.45) is -0.961. The van der Waals surface area contributed by atoms with Crippen molar-refractivity contribution < 1.29 is 34.0 Å². The van der Waals surface area contributed by atoms with Crippen molar-refractivity contribution in [3.63, 3.8) is 0 Å². The van der Waals surface area contributed by atoms with Gasteiger partial charge in [-0.25, -0.2) is 0 Å². The first kappa shape index (κ1) is 20.4. The molecule has 0 rings (SSSR count). The van der Waals surface area contributed by atoms with E-state index in [1.807, 2.05) is 0 Å². The lowest BCUT2D eigenvalue weighted by Gasteiger charge is -2.21. The average Bonchev–Trinajstić information content (AvgIpc) is 2.28. The zero-order valence-electron chi connectivity index (χ0n) is 11.0. The normalized spacial score (nSPS) is 13.4. The Morgan fingerprint density at radius 3 is 2.26 bits per heavy atom. The fraction of sp³-hybridized carbons (Fsp3) is 0.818. The molecule has 0 radical (unpaired) electrons. The summed E-state index contributed by atoms with van der Waals surface area (Å²) in [5.74, 6) is -3.02. The van der Waals surface area contributed by atoms with E-state index in [2.05, 4.69) is 0 Å². The number of aliphatic carboxylic acids is 2. The van der Waals surface area contributed by atoms with Crippen LogP contribution in [0.1, 0.15) is 19.8 Å². The predicted octanol–water partition coefficient (Wildman–Crippen LogP) is 0.999. The molecule has 8 heteroatoms. The number of methoxy groups -OCH3 is 1. The van der Waals surface area contributed by atoms with Crippen LogP contribution >= 0.6 is 12.4 Å². The molecule has 7 nitrogen and oxygen atoms in total. The quantitative estimate of drug-likeness (QED) is 0.433. The smallest absolute Gasteiger partial charge is 0.309 e. The number of hydrogen-bond acceptors (Lipinski definition) is 5. The van der Waals surface area contributed by atoms with Crippen LogP contribution in [0.2, 0.25) is 0 Å². The molecule has 1 unspecified atom stereocenters. The van der Waals surface area contributed by atoms with Crippen LogP contribution in [0, 0.1) is 5.92 Å². The Hall–Kier alpha value is -0.890. The van der Waals surface area contributed by atoms with E-state index >= 15 is 0 Å². The minimum Gasteiger partial charge on any atom is -0.481 e. The highest BCUT2D eigenvalue weighted by Gasteiger charge is 2.29. The number of halogens is 1. The Bertz CT molecular complexity index is 259. The molecule has 0 aromatic rings. The largest absolute Gasteiger partial charge is 0.481 e. The van der Waals surface area contributed by atoms with Gasteiger partial charge in [0, 0.05) is 7.11 Å². The lowest BCUT2D eigenvalue weighted by atomic mass is 9.97. The molecule has 0 heterocycles. The Kier molecular flexibility index (Phi) is 13.1. The predicted molar refractivity (Wildman–Crippen MR) is 68.5 cm³/mol. The fourth-order valence-electron chi connectivity index (χ4n) is 1.42. The van der Waals surface area contributed by atoms with Crippen LogP contribution in [0.3, 0.4) is 0 Å². The molecule has 0 aliphatic rings. The Morgan fingerprint density at radius 1 is 1.21 bits per heavy atom. The summed E-state index contributed by atoms with van der Waals surface area (Å²) in [6, 6.07) is 0. The maximum absolute atomic E-state index is 11.0. The second kappa shape index (κ2) is 12.2. The van der Waals surface area contributed by atoms with E-state index in [0.29, 0.717) is 19.6 Å². The monoisotopic (exact) mass is 300 g/mol. The molecule has 0 aromatic carbocycles. The highest BCUT2D eigenvalue weighted by molar-refractivity contribution is 5.85. The third kappa shape index (κ3) is 9.66. The zero-order valence-corrected chi connectivity index (χ0v) is 11.9. The van der Waals surface area contributed by atoms with E-state index < -0.39 is 24.0 Å². The maximum atomic E-state index is 11.0. The van der Waals surface area contributed by atoms with E-state index in [9.17, 15) is 9.59 Å². The van der Waals surface area contributed by atoms with Crippen molar-refractivity contribution in [2.24, 2.45) is 5.92 Å². The van der Waals surface area contributed by atoms with Gasteiger partial charge >= 0.3 is 11.9 Å². The van der Waals surface area contributed by atoms with Gasteiger partial charge in [0.15, 0.2) is 0 Å². The highest BCUT2D eigenvalue weighted by atomic mass is 35.5. The number of carboxylic acids is 2. The van der Waals surface area contributed by atoms with Crippen LogP contribution < -0.4 is 0 Å². The Labute approximate surface area is 118 Å². The van der Waals surface area contributed by atoms with Gasteiger partial charge in [-0.15, -0.1) is 12.4 Å². The van der Waals surface area contributed by atoms with E-state index in [1.54, 1.807) is 6.92 Å². The summed E-state index contributed by atoms with van der Waals surface area (Å²) in [7, 11) is 1.52. The molecule has 2 N–H and O–H groups in total. The third-order valence-corrected chi connectivity index (χ3v) is 2.38. The number of carboxylic acid groups (broad SMARTS) is 2. The van der Waals surface area contributed by atoms with Crippen molar-refractivity contribution >= 4 is 24.3 Å². The summed E-state index contributed by atoms with van der Waals surface area (Å²) in [5, 5.41) is 17.7. The fourth-order valence-corrected chi connectivity index (χ4v) is 1.42. The topological polar surface area (TPSA) is 102 Å². The van der Waals surface area contributed by atoms with Crippen LogP contribution in [0.15, 0.2) is 0 Å². The van der Waals surface area contributed by atoms with Crippen LogP contribution in [0.5, 0.6) is 0 Å². The van der Waals surface area contributed by atoms with E-state index in [-0.39, 0.29) is 25.6 Å². The Balaban J connectivity index is 0. The van der Waals surface area contributed by atoms with Gasteiger partial charge in [0.1, 0.15) is 6.79 Å². The molecule has 0 fully saturated rings. The van der Waals surface area contributed by atoms with Crippen molar-refractivity contribution in [1.29, 1.82) is 0 Å².